The molecular weight excluding hydrogens is 264 g/mol. The molecule has 2 bridgehead atoms. The molecule has 2 aliphatic heterocycles. The van der Waals surface area contributed by atoms with Crippen LogP contribution in [0.1, 0.15) is 13.8 Å². The van der Waals surface area contributed by atoms with Crippen molar-refractivity contribution in [3.63, 3.8) is 0 Å². The van der Waals surface area contributed by atoms with Gasteiger partial charge in [-0.25, -0.2) is 0 Å². The molecule has 0 N–H and O–H groups in total. The predicted octanol–water partition coefficient (Wildman–Crippen LogP) is 0.214. The highest BCUT2D eigenvalue weighted by molar-refractivity contribution is 6.03. The summed E-state index contributed by atoms with van der Waals surface area (Å²) in [5, 5.41) is 0. The van der Waals surface area contributed by atoms with Crippen molar-refractivity contribution in [2.45, 2.75) is 13.8 Å². The minimum atomic E-state index is -0.888. The Hall–Kier alpha value is -1.98. The molecule has 2 saturated heterocycles. The maximum absolute atomic E-state index is 12.0. The number of esters is 4. The van der Waals surface area contributed by atoms with Crippen molar-refractivity contribution < 1.29 is 28.7 Å². The molecule has 3 fully saturated rings. The summed E-state index contributed by atoms with van der Waals surface area (Å²) in [6.07, 6.45) is 1.85. The molecule has 20 heavy (non-hydrogen) atoms. The van der Waals surface area contributed by atoms with Crippen LogP contribution in [-0.2, 0) is 28.7 Å². The van der Waals surface area contributed by atoms with E-state index in [1.807, 2.05) is 13.0 Å². The third-order valence-electron chi connectivity index (χ3n) is 5.35. The molecule has 0 aromatic heterocycles. The largest absolute Gasteiger partial charge is 0.393 e. The molecule has 6 atom stereocenters. The average Bonchev–Trinajstić information content (AvgIpc) is 2.80. The van der Waals surface area contributed by atoms with Gasteiger partial charge in [-0.3, -0.25) is 19.2 Å². The van der Waals surface area contributed by atoms with Gasteiger partial charge in [0.2, 0.25) is 0 Å². The van der Waals surface area contributed by atoms with Crippen LogP contribution in [0, 0.1) is 35.0 Å². The molecule has 5 rings (SSSR count). The zero-order valence-electron chi connectivity index (χ0n) is 10.9. The zero-order chi connectivity index (χ0) is 14.4. The monoisotopic (exact) mass is 276 g/mol. The van der Waals surface area contributed by atoms with Gasteiger partial charge >= 0.3 is 23.9 Å². The van der Waals surface area contributed by atoms with E-state index in [1.54, 1.807) is 6.92 Å². The van der Waals surface area contributed by atoms with E-state index < -0.39 is 58.9 Å². The highest BCUT2D eigenvalue weighted by Crippen LogP contribution is 2.64. The summed E-state index contributed by atoms with van der Waals surface area (Å²) >= 11 is 0. The average molecular weight is 276 g/mol. The standard InChI is InChI=1S/C14H12O6/c1-4-3-14(2)8-6(10(15)19-12(8)17)5(4)7-9(14)13(18)20-11(7)16/h3,5-9H,1-2H3/t5?,6-,7-,8-,9+,14?/m1/s1. The first-order valence-electron chi connectivity index (χ1n) is 6.56. The van der Waals surface area contributed by atoms with Crippen LogP contribution in [0.25, 0.3) is 0 Å². The Morgan fingerprint density at radius 2 is 1.30 bits per heavy atom. The van der Waals surface area contributed by atoms with Gasteiger partial charge in [0, 0.05) is 11.3 Å². The lowest BCUT2D eigenvalue weighted by atomic mass is 9.46. The van der Waals surface area contributed by atoms with E-state index in [0.29, 0.717) is 0 Å². The summed E-state index contributed by atoms with van der Waals surface area (Å²) in [6.45, 7) is 3.56. The molecule has 0 radical (unpaired) electrons. The Morgan fingerprint density at radius 1 is 0.850 bits per heavy atom. The molecule has 0 spiro atoms. The molecule has 2 unspecified atom stereocenters. The molecule has 0 aromatic carbocycles. The van der Waals surface area contributed by atoms with Gasteiger partial charge in [-0.2, -0.15) is 0 Å². The van der Waals surface area contributed by atoms with Crippen molar-refractivity contribution in [3.8, 4) is 0 Å². The van der Waals surface area contributed by atoms with Gasteiger partial charge in [0.1, 0.15) is 0 Å². The van der Waals surface area contributed by atoms with Gasteiger partial charge < -0.3 is 9.47 Å². The van der Waals surface area contributed by atoms with Crippen LogP contribution in [0.5, 0.6) is 0 Å². The SMILES string of the molecule is CC1=CC2(C)[C@@H]3C(=O)OC(=O)[C@@H]3C1[C@H]1C(=O)OC(=O)[C@@H]12. The number of allylic oxidation sites excluding steroid dienone is 2. The Bertz CT molecular complexity index is 588. The second kappa shape index (κ2) is 3.19. The number of cyclic esters (lactones) is 4. The van der Waals surface area contributed by atoms with Gasteiger partial charge in [-0.15, -0.1) is 0 Å². The van der Waals surface area contributed by atoms with Crippen molar-refractivity contribution in [2.24, 2.45) is 35.0 Å². The Morgan fingerprint density at radius 3 is 1.75 bits per heavy atom. The fourth-order valence-corrected chi connectivity index (χ4v) is 4.77. The van der Waals surface area contributed by atoms with E-state index >= 15 is 0 Å². The van der Waals surface area contributed by atoms with Gasteiger partial charge in [0.05, 0.1) is 23.7 Å². The second-order valence-corrected chi connectivity index (χ2v) is 6.27. The fourth-order valence-electron chi connectivity index (χ4n) is 4.77. The normalized spacial score (nSPS) is 48.7. The van der Waals surface area contributed by atoms with E-state index in [4.69, 9.17) is 9.47 Å². The molecule has 6 nitrogen and oxygen atoms in total. The highest BCUT2D eigenvalue weighted by atomic mass is 16.6. The number of hydrogen-bond donors (Lipinski definition) is 0. The van der Waals surface area contributed by atoms with E-state index in [-0.39, 0.29) is 0 Å². The summed E-state index contributed by atoms with van der Waals surface area (Å²) < 4.78 is 9.53. The quantitative estimate of drug-likeness (QED) is 0.357. The Labute approximate surface area is 114 Å². The topological polar surface area (TPSA) is 86.7 Å². The fraction of sp³-hybridized carbons (Fsp3) is 0.571. The van der Waals surface area contributed by atoms with Gasteiger partial charge in [0.25, 0.3) is 0 Å². The lowest BCUT2D eigenvalue weighted by Crippen LogP contribution is -2.57. The number of rotatable bonds is 0. The van der Waals surface area contributed by atoms with Crippen LogP contribution in [0.2, 0.25) is 0 Å². The van der Waals surface area contributed by atoms with Crippen LogP contribution < -0.4 is 0 Å². The number of ether oxygens (including phenoxy) is 2. The van der Waals surface area contributed by atoms with Gasteiger partial charge in [-0.05, 0) is 6.92 Å². The summed E-state index contributed by atoms with van der Waals surface area (Å²) in [5.41, 5.74) is -0.0333. The van der Waals surface area contributed by atoms with Crippen molar-refractivity contribution in [1.29, 1.82) is 0 Å². The predicted molar refractivity (Wildman–Crippen MR) is 61.5 cm³/mol. The third-order valence-corrected chi connectivity index (χ3v) is 5.35. The summed E-state index contributed by atoms with van der Waals surface area (Å²) in [4.78, 5) is 47.9. The Kier molecular flexibility index (Phi) is 1.88. The molecule has 104 valence electrons. The van der Waals surface area contributed by atoms with Crippen molar-refractivity contribution >= 4 is 23.9 Å². The van der Waals surface area contributed by atoms with Crippen LogP contribution in [0.3, 0.4) is 0 Å². The summed E-state index contributed by atoms with van der Waals surface area (Å²) in [5.74, 6) is -5.56. The molecule has 0 aromatic rings. The minimum Gasteiger partial charge on any atom is -0.393 e. The molecule has 6 heteroatoms. The van der Waals surface area contributed by atoms with E-state index in [2.05, 4.69) is 0 Å². The number of carbonyl (C=O) groups is 4. The second-order valence-electron chi connectivity index (χ2n) is 6.27. The van der Waals surface area contributed by atoms with E-state index in [1.165, 1.54) is 0 Å². The van der Waals surface area contributed by atoms with Gasteiger partial charge in [0.15, 0.2) is 0 Å². The first-order valence-corrected chi connectivity index (χ1v) is 6.56. The van der Waals surface area contributed by atoms with E-state index in [9.17, 15) is 19.2 Å². The maximum atomic E-state index is 12.0. The number of carbonyl (C=O) groups excluding carboxylic acids is 4. The first-order chi connectivity index (χ1) is 9.36. The Balaban J connectivity index is 1.98. The van der Waals surface area contributed by atoms with Crippen molar-refractivity contribution in [2.75, 3.05) is 0 Å². The maximum Gasteiger partial charge on any atom is 0.318 e. The molecule has 1 saturated carbocycles. The lowest BCUT2D eigenvalue weighted by Gasteiger charge is -2.51. The molecule has 0 amide bonds. The van der Waals surface area contributed by atoms with Gasteiger partial charge in [-0.1, -0.05) is 18.6 Å². The lowest BCUT2D eigenvalue weighted by molar-refractivity contribution is -0.154. The molecule has 5 aliphatic rings. The molecule has 2 heterocycles. The van der Waals surface area contributed by atoms with Crippen LogP contribution >= 0.6 is 0 Å². The smallest absolute Gasteiger partial charge is 0.318 e. The summed E-state index contributed by atoms with van der Waals surface area (Å²) in [6, 6.07) is 0. The van der Waals surface area contributed by atoms with Crippen molar-refractivity contribution in [1.82, 2.24) is 0 Å². The van der Waals surface area contributed by atoms with Crippen molar-refractivity contribution in [3.05, 3.63) is 11.6 Å². The molecular formula is C14H12O6. The van der Waals surface area contributed by atoms with E-state index in [0.717, 1.165) is 5.57 Å². The third kappa shape index (κ3) is 1.04. The summed E-state index contributed by atoms with van der Waals surface area (Å²) in [7, 11) is 0. The van der Waals surface area contributed by atoms with Crippen LogP contribution in [0.4, 0.5) is 0 Å². The van der Waals surface area contributed by atoms with Crippen LogP contribution in [-0.4, -0.2) is 23.9 Å². The minimum absolute atomic E-state index is 0.468. The number of hydrogen-bond acceptors (Lipinski definition) is 6. The van der Waals surface area contributed by atoms with Crippen LogP contribution in [0.15, 0.2) is 11.6 Å². The molecule has 3 aliphatic carbocycles. The zero-order valence-corrected chi connectivity index (χ0v) is 10.9. The first kappa shape index (κ1) is 11.8. The highest BCUT2D eigenvalue weighted by Gasteiger charge is 2.73.